The van der Waals surface area contributed by atoms with Gasteiger partial charge in [-0.3, -0.25) is 29.2 Å². The maximum Gasteiger partial charge on any atom is 0.306 e. The number of esters is 2. The summed E-state index contributed by atoms with van der Waals surface area (Å²) in [6.45, 7) is 22.3. The van der Waals surface area contributed by atoms with Gasteiger partial charge in [-0.05, 0) is 121 Å². The van der Waals surface area contributed by atoms with E-state index in [0.717, 1.165) is 64.7 Å². The van der Waals surface area contributed by atoms with Gasteiger partial charge in [-0.2, -0.15) is 0 Å². The summed E-state index contributed by atoms with van der Waals surface area (Å²) < 4.78 is 9.96. The summed E-state index contributed by atoms with van der Waals surface area (Å²) in [4.78, 5) is 34.2. The number of likely N-dealkylation sites (tertiary alicyclic amines) is 2. The van der Waals surface area contributed by atoms with E-state index in [4.69, 9.17) is 9.47 Å². The molecule has 0 amide bonds. The van der Waals surface area contributed by atoms with Crippen molar-refractivity contribution >= 4 is 11.9 Å². The largest absolute Gasteiger partial charge is 0.469 e. The number of methoxy groups -OCH3 is 2. The Labute approximate surface area is 258 Å². The van der Waals surface area contributed by atoms with Crippen LogP contribution >= 0.6 is 0 Å². The van der Waals surface area contributed by atoms with Crippen LogP contribution in [0.25, 0.3) is 0 Å². The van der Waals surface area contributed by atoms with Gasteiger partial charge >= 0.3 is 11.9 Å². The van der Waals surface area contributed by atoms with Gasteiger partial charge in [0, 0.05) is 47.3 Å². The lowest BCUT2D eigenvalue weighted by Gasteiger charge is -2.55. The van der Waals surface area contributed by atoms with Gasteiger partial charge in [-0.15, -0.1) is 0 Å². The summed E-state index contributed by atoms with van der Waals surface area (Å²) in [5.41, 5.74) is 0.447. The molecule has 0 bridgehead atoms. The molecule has 2 aliphatic heterocycles. The normalized spacial score (nSPS) is 22.9. The van der Waals surface area contributed by atoms with Crippen LogP contribution in [0.15, 0.2) is 0 Å². The molecule has 2 fully saturated rings. The van der Waals surface area contributed by atoms with Gasteiger partial charge in [0.2, 0.25) is 0 Å². The SMILES string of the molecule is COC(=O)CCN(CCCCCCN(CCC(=O)OC)C1CC(C)(C)N(C)C(C)(C)C1)C1CC(C)(C)N(C)C(C)(C)C1. The Morgan fingerprint density at radius 3 is 1.12 bits per heavy atom. The quantitative estimate of drug-likeness (QED) is 0.180. The lowest BCUT2D eigenvalue weighted by molar-refractivity contribution is -0.142. The van der Waals surface area contributed by atoms with Gasteiger partial charge < -0.3 is 9.47 Å². The summed E-state index contributed by atoms with van der Waals surface area (Å²) in [5.74, 6) is -0.252. The summed E-state index contributed by atoms with van der Waals surface area (Å²) in [6.07, 6.45) is 9.91. The molecule has 0 saturated carbocycles. The third-order valence-corrected chi connectivity index (χ3v) is 10.9. The van der Waals surface area contributed by atoms with Crippen LogP contribution in [0, 0.1) is 0 Å². The first-order valence-electron chi connectivity index (χ1n) is 16.5. The molecule has 0 aromatic carbocycles. The van der Waals surface area contributed by atoms with Crippen LogP contribution in [0.1, 0.15) is 120 Å². The highest BCUT2D eigenvalue weighted by Crippen LogP contribution is 2.40. The fourth-order valence-corrected chi connectivity index (χ4v) is 7.76. The average Bonchev–Trinajstić information content (AvgIpc) is 2.89. The Hall–Kier alpha value is -1.22. The molecular formula is C34H66N4O4. The minimum atomic E-state index is -0.126. The maximum atomic E-state index is 12.0. The molecule has 2 rings (SSSR count). The molecule has 0 spiro atoms. The molecule has 0 aliphatic carbocycles. The van der Waals surface area contributed by atoms with Crippen LogP contribution in [0.5, 0.6) is 0 Å². The fourth-order valence-electron chi connectivity index (χ4n) is 7.76. The fraction of sp³-hybridized carbons (Fsp3) is 0.941. The van der Waals surface area contributed by atoms with E-state index in [0.29, 0.717) is 24.9 Å². The van der Waals surface area contributed by atoms with E-state index in [2.05, 4.69) is 89.1 Å². The summed E-state index contributed by atoms with van der Waals surface area (Å²) in [5, 5.41) is 0. The molecule has 0 unspecified atom stereocenters. The van der Waals surface area contributed by atoms with Crippen LogP contribution in [0.2, 0.25) is 0 Å². The van der Waals surface area contributed by atoms with Gasteiger partial charge in [0.25, 0.3) is 0 Å². The smallest absolute Gasteiger partial charge is 0.306 e. The number of hydrogen-bond acceptors (Lipinski definition) is 8. The predicted molar refractivity (Wildman–Crippen MR) is 173 cm³/mol. The van der Waals surface area contributed by atoms with Gasteiger partial charge in [0.15, 0.2) is 0 Å². The molecule has 2 heterocycles. The molecule has 2 saturated heterocycles. The van der Waals surface area contributed by atoms with Crippen molar-refractivity contribution in [3.8, 4) is 0 Å². The second-order valence-electron chi connectivity index (χ2n) is 15.6. The zero-order chi connectivity index (χ0) is 31.9. The Bertz CT molecular complexity index is 766. The summed E-state index contributed by atoms with van der Waals surface area (Å²) >= 11 is 0. The van der Waals surface area contributed by atoms with Crippen molar-refractivity contribution < 1.29 is 19.1 Å². The zero-order valence-electron chi connectivity index (χ0n) is 29.5. The highest BCUT2D eigenvalue weighted by Gasteiger charge is 2.45. The van der Waals surface area contributed by atoms with E-state index in [1.165, 1.54) is 27.1 Å². The predicted octanol–water partition coefficient (Wildman–Crippen LogP) is 5.58. The molecule has 42 heavy (non-hydrogen) atoms. The molecule has 2 aliphatic rings. The Balaban J connectivity index is 1.97. The van der Waals surface area contributed by atoms with Gasteiger partial charge in [-0.25, -0.2) is 0 Å². The van der Waals surface area contributed by atoms with Crippen molar-refractivity contribution in [2.24, 2.45) is 0 Å². The minimum absolute atomic E-state index is 0.112. The van der Waals surface area contributed by atoms with E-state index < -0.39 is 0 Å². The Morgan fingerprint density at radius 1 is 0.571 bits per heavy atom. The molecule has 8 nitrogen and oxygen atoms in total. The third kappa shape index (κ3) is 10.2. The first kappa shape index (κ1) is 37.0. The number of nitrogens with zero attached hydrogens (tertiary/aromatic N) is 4. The molecule has 0 atom stereocenters. The molecule has 0 radical (unpaired) electrons. The Kier molecular flexibility index (Phi) is 13.4. The van der Waals surface area contributed by atoms with Crippen LogP contribution in [-0.4, -0.2) is 120 Å². The van der Waals surface area contributed by atoms with Crippen molar-refractivity contribution in [1.82, 2.24) is 19.6 Å². The lowest BCUT2D eigenvalue weighted by atomic mass is 9.76. The highest BCUT2D eigenvalue weighted by atomic mass is 16.5. The van der Waals surface area contributed by atoms with Crippen molar-refractivity contribution in [3.05, 3.63) is 0 Å². The second-order valence-corrected chi connectivity index (χ2v) is 15.6. The second kappa shape index (κ2) is 15.2. The first-order valence-corrected chi connectivity index (χ1v) is 16.5. The maximum absolute atomic E-state index is 12.0. The van der Waals surface area contributed by atoms with Crippen molar-refractivity contribution in [1.29, 1.82) is 0 Å². The van der Waals surface area contributed by atoms with E-state index in [-0.39, 0.29) is 34.1 Å². The van der Waals surface area contributed by atoms with Gasteiger partial charge in [0.05, 0.1) is 27.1 Å². The number of carbonyl (C=O) groups excluding carboxylic acids is 2. The number of hydrogen-bond donors (Lipinski definition) is 0. The monoisotopic (exact) mass is 595 g/mol. The number of piperidine rings is 2. The average molecular weight is 595 g/mol. The molecule has 246 valence electrons. The van der Waals surface area contributed by atoms with Crippen molar-refractivity contribution in [3.63, 3.8) is 0 Å². The van der Waals surface area contributed by atoms with Gasteiger partial charge in [0.1, 0.15) is 0 Å². The van der Waals surface area contributed by atoms with E-state index >= 15 is 0 Å². The van der Waals surface area contributed by atoms with E-state index in [1.54, 1.807) is 0 Å². The van der Waals surface area contributed by atoms with Crippen LogP contribution in [0.4, 0.5) is 0 Å². The number of carbonyl (C=O) groups is 2. The standard InChI is InChI=1S/C34H66N4O4/c1-31(2)23-27(24-32(3,4)35(31)9)37(21-17-29(39)41-11)19-15-13-14-16-20-38(22-18-30(40)42-12)28-25-33(5,6)36(10)34(7,8)26-28/h27-28H,13-26H2,1-12H3. The van der Waals surface area contributed by atoms with E-state index in [9.17, 15) is 9.59 Å². The van der Waals surface area contributed by atoms with Gasteiger partial charge in [-0.1, -0.05) is 12.8 Å². The lowest BCUT2D eigenvalue weighted by Crippen LogP contribution is -2.62. The molecule has 8 heteroatoms. The molecule has 0 N–H and O–H groups in total. The Morgan fingerprint density at radius 2 is 0.857 bits per heavy atom. The number of unbranched alkanes of at least 4 members (excludes halogenated alkanes) is 3. The van der Waals surface area contributed by atoms with E-state index in [1.807, 2.05) is 0 Å². The third-order valence-electron chi connectivity index (χ3n) is 10.9. The van der Waals surface area contributed by atoms with Crippen LogP contribution in [-0.2, 0) is 19.1 Å². The van der Waals surface area contributed by atoms with Crippen LogP contribution < -0.4 is 0 Å². The molecular weight excluding hydrogens is 528 g/mol. The summed E-state index contributed by atoms with van der Waals surface area (Å²) in [7, 11) is 7.46. The number of rotatable bonds is 15. The highest BCUT2D eigenvalue weighted by molar-refractivity contribution is 5.69. The van der Waals surface area contributed by atoms with Crippen molar-refractivity contribution in [2.45, 2.75) is 154 Å². The van der Waals surface area contributed by atoms with Crippen LogP contribution in [0.3, 0.4) is 0 Å². The molecule has 0 aromatic rings. The zero-order valence-corrected chi connectivity index (χ0v) is 29.5. The molecule has 0 aromatic heterocycles. The first-order chi connectivity index (χ1) is 19.4. The van der Waals surface area contributed by atoms with Crippen molar-refractivity contribution in [2.75, 3.05) is 54.5 Å². The summed E-state index contributed by atoms with van der Waals surface area (Å²) in [6, 6.07) is 0.918. The number of ether oxygens (including phenoxy) is 2. The minimum Gasteiger partial charge on any atom is -0.469 e. The topological polar surface area (TPSA) is 65.6 Å².